The van der Waals surface area contributed by atoms with Crippen molar-refractivity contribution in [2.45, 2.75) is 6.92 Å². The molecule has 0 aliphatic carbocycles. The Morgan fingerprint density at radius 3 is 2.31 bits per heavy atom. The molecule has 26 heavy (non-hydrogen) atoms. The Morgan fingerprint density at radius 1 is 0.962 bits per heavy atom. The van der Waals surface area contributed by atoms with Crippen molar-refractivity contribution in [1.29, 1.82) is 0 Å². The molecule has 3 aromatic rings. The van der Waals surface area contributed by atoms with Gasteiger partial charge in [-0.05, 0) is 36.8 Å². The number of nitrogen functional groups attached to an aromatic ring is 1. The van der Waals surface area contributed by atoms with Crippen LogP contribution in [0.25, 0.3) is 0 Å². The number of ether oxygens (including phenoxy) is 1. The van der Waals surface area contributed by atoms with Gasteiger partial charge < -0.3 is 21.1 Å². The van der Waals surface area contributed by atoms with Gasteiger partial charge in [-0.15, -0.1) is 0 Å². The summed E-state index contributed by atoms with van der Waals surface area (Å²) in [6.45, 7) is 1.94. The highest BCUT2D eigenvalue weighted by Crippen LogP contribution is 2.33. The van der Waals surface area contributed by atoms with Crippen molar-refractivity contribution >= 4 is 28.7 Å². The van der Waals surface area contributed by atoms with Gasteiger partial charge in [0.05, 0.1) is 18.5 Å². The third kappa shape index (κ3) is 3.64. The molecule has 0 fully saturated rings. The first kappa shape index (κ1) is 17.4. The van der Waals surface area contributed by atoms with E-state index in [9.17, 15) is 8.78 Å². The lowest BCUT2D eigenvalue weighted by atomic mass is 10.2. The molecule has 8 heteroatoms. The van der Waals surface area contributed by atoms with Crippen LogP contribution in [0.1, 0.15) is 5.56 Å². The first-order valence-corrected chi connectivity index (χ1v) is 7.72. The zero-order valence-electron chi connectivity index (χ0n) is 14.2. The van der Waals surface area contributed by atoms with E-state index in [-0.39, 0.29) is 17.2 Å². The van der Waals surface area contributed by atoms with Gasteiger partial charge in [0.2, 0.25) is 0 Å². The van der Waals surface area contributed by atoms with Crippen LogP contribution in [0, 0.1) is 18.6 Å². The van der Waals surface area contributed by atoms with Crippen LogP contribution in [0.2, 0.25) is 0 Å². The fourth-order valence-corrected chi connectivity index (χ4v) is 2.36. The van der Waals surface area contributed by atoms with Crippen LogP contribution >= 0.6 is 0 Å². The molecule has 0 atom stereocenters. The predicted molar refractivity (Wildman–Crippen MR) is 97.1 cm³/mol. The standard InChI is InChI=1S/C18H17F2N5O/c1-10-3-6-15(26-2)14(7-10)25-18-16(21)17(22-9-23-18)24-13-5-4-11(19)8-12(13)20/h3-9H,21H2,1-2H3,(H2,22,23,24,25). The van der Waals surface area contributed by atoms with Gasteiger partial charge in [-0.1, -0.05) is 6.07 Å². The van der Waals surface area contributed by atoms with E-state index in [1.807, 2.05) is 25.1 Å². The molecule has 3 rings (SSSR count). The number of anilines is 5. The van der Waals surface area contributed by atoms with Crippen LogP contribution in [0.4, 0.5) is 37.5 Å². The monoisotopic (exact) mass is 357 g/mol. The summed E-state index contributed by atoms with van der Waals surface area (Å²) in [5, 5.41) is 5.83. The Balaban J connectivity index is 1.91. The number of hydrogen-bond donors (Lipinski definition) is 3. The predicted octanol–water partition coefficient (Wildman–Crippen LogP) is 4.14. The molecular formula is C18H17F2N5O. The number of nitrogens with two attached hydrogens (primary N) is 1. The minimum absolute atomic E-state index is 0.0517. The molecule has 0 saturated carbocycles. The lowest BCUT2D eigenvalue weighted by Crippen LogP contribution is -2.06. The topological polar surface area (TPSA) is 85.1 Å². The summed E-state index contributed by atoms with van der Waals surface area (Å²) < 4.78 is 32.2. The molecule has 0 bridgehead atoms. The first-order valence-electron chi connectivity index (χ1n) is 7.72. The van der Waals surface area contributed by atoms with E-state index < -0.39 is 11.6 Å². The molecule has 0 aliphatic rings. The Hall–Kier alpha value is -3.42. The average Bonchev–Trinajstić information content (AvgIpc) is 2.61. The van der Waals surface area contributed by atoms with Crippen molar-refractivity contribution < 1.29 is 13.5 Å². The van der Waals surface area contributed by atoms with E-state index in [4.69, 9.17) is 10.5 Å². The van der Waals surface area contributed by atoms with Crippen molar-refractivity contribution in [2.75, 3.05) is 23.5 Å². The number of methoxy groups -OCH3 is 1. The van der Waals surface area contributed by atoms with Gasteiger partial charge in [0, 0.05) is 6.07 Å². The number of rotatable bonds is 5. The lowest BCUT2D eigenvalue weighted by molar-refractivity contribution is 0.416. The summed E-state index contributed by atoms with van der Waals surface area (Å²) in [7, 11) is 1.56. The van der Waals surface area contributed by atoms with Crippen LogP contribution in [0.3, 0.4) is 0 Å². The molecule has 0 radical (unpaired) electrons. The average molecular weight is 357 g/mol. The second kappa shape index (κ2) is 7.22. The number of aryl methyl sites for hydroxylation is 1. The summed E-state index contributed by atoms with van der Waals surface area (Å²) >= 11 is 0. The SMILES string of the molecule is COc1ccc(C)cc1Nc1ncnc(Nc2ccc(F)cc2F)c1N. The van der Waals surface area contributed by atoms with Crippen LogP contribution in [-0.2, 0) is 0 Å². The summed E-state index contributed by atoms with van der Waals surface area (Å²) in [6, 6.07) is 8.80. The van der Waals surface area contributed by atoms with E-state index in [1.165, 1.54) is 12.4 Å². The minimum Gasteiger partial charge on any atom is -0.495 e. The first-order chi connectivity index (χ1) is 12.5. The molecule has 0 unspecified atom stereocenters. The number of aromatic nitrogens is 2. The Labute approximate surface area is 149 Å². The molecule has 2 aromatic carbocycles. The van der Waals surface area contributed by atoms with Crippen molar-refractivity contribution in [3.05, 3.63) is 59.9 Å². The molecule has 0 aliphatic heterocycles. The highest BCUT2D eigenvalue weighted by Gasteiger charge is 2.13. The largest absolute Gasteiger partial charge is 0.495 e. The number of nitrogens with zero attached hydrogens (tertiary/aromatic N) is 2. The van der Waals surface area contributed by atoms with E-state index in [2.05, 4.69) is 20.6 Å². The number of nitrogens with one attached hydrogen (secondary N) is 2. The molecule has 134 valence electrons. The molecule has 6 nitrogen and oxygen atoms in total. The molecule has 1 heterocycles. The highest BCUT2D eigenvalue weighted by atomic mass is 19.1. The van der Waals surface area contributed by atoms with Crippen LogP contribution < -0.4 is 21.1 Å². The molecule has 0 spiro atoms. The van der Waals surface area contributed by atoms with E-state index >= 15 is 0 Å². The maximum Gasteiger partial charge on any atom is 0.159 e. The van der Waals surface area contributed by atoms with Crippen molar-refractivity contribution in [2.24, 2.45) is 0 Å². The van der Waals surface area contributed by atoms with Gasteiger partial charge in [-0.25, -0.2) is 18.7 Å². The number of halogens is 2. The Bertz CT molecular complexity index is 949. The smallest absolute Gasteiger partial charge is 0.159 e. The number of hydrogen-bond acceptors (Lipinski definition) is 6. The van der Waals surface area contributed by atoms with E-state index in [1.54, 1.807) is 7.11 Å². The number of benzene rings is 2. The lowest BCUT2D eigenvalue weighted by Gasteiger charge is -2.15. The van der Waals surface area contributed by atoms with Crippen LogP contribution in [-0.4, -0.2) is 17.1 Å². The molecule has 1 aromatic heterocycles. The minimum atomic E-state index is -0.752. The Kier molecular flexibility index (Phi) is 4.83. The summed E-state index contributed by atoms with van der Waals surface area (Å²) in [5.41, 5.74) is 8.03. The van der Waals surface area contributed by atoms with Gasteiger partial charge in [-0.3, -0.25) is 0 Å². The van der Waals surface area contributed by atoms with Gasteiger partial charge in [0.25, 0.3) is 0 Å². The van der Waals surface area contributed by atoms with Crippen LogP contribution in [0.15, 0.2) is 42.7 Å². The van der Waals surface area contributed by atoms with Gasteiger partial charge in [0.1, 0.15) is 29.4 Å². The zero-order chi connectivity index (χ0) is 18.7. The molecular weight excluding hydrogens is 340 g/mol. The molecule has 0 saturated heterocycles. The van der Waals surface area contributed by atoms with E-state index in [0.717, 1.165) is 17.7 Å². The second-order valence-electron chi connectivity index (χ2n) is 5.56. The summed E-state index contributed by atoms with van der Waals surface area (Å²) in [6.07, 6.45) is 1.28. The van der Waals surface area contributed by atoms with Gasteiger partial charge in [0.15, 0.2) is 11.6 Å². The maximum absolute atomic E-state index is 13.8. The highest BCUT2D eigenvalue weighted by molar-refractivity contribution is 5.81. The van der Waals surface area contributed by atoms with Crippen molar-refractivity contribution in [3.63, 3.8) is 0 Å². The van der Waals surface area contributed by atoms with Gasteiger partial charge in [-0.2, -0.15) is 0 Å². The third-order valence-electron chi connectivity index (χ3n) is 3.68. The maximum atomic E-state index is 13.8. The fraction of sp³-hybridized carbons (Fsp3) is 0.111. The summed E-state index contributed by atoms with van der Waals surface area (Å²) in [5.74, 6) is -0.281. The molecule has 0 amide bonds. The Morgan fingerprint density at radius 2 is 1.65 bits per heavy atom. The quantitative estimate of drug-likeness (QED) is 0.636. The van der Waals surface area contributed by atoms with Crippen LogP contribution in [0.5, 0.6) is 5.75 Å². The van der Waals surface area contributed by atoms with E-state index in [0.29, 0.717) is 17.3 Å². The van der Waals surface area contributed by atoms with Crippen molar-refractivity contribution in [1.82, 2.24) is 9.97 Å². The van der Waals surface area contributed by atoms with Crippen molar-refractivity contribution in [3.8, 4) is 5.75 Å². The third-order valence-corrected chi connectivity index (χ3v) is 3.68. The normalized spacial score (nSPS) is 10.5. The molecule has 4 N–H and O–H groups in total. The fourth-order valence-electron chi connectivity index (χ4n) is 2.36. The second-order valence-corrected chi connectivity index (χ2v) is 5.56. The summed E-state index contributed by atoms with van der Waals surface area (Å²) in [4.78, 5) is 8.14. The van der Waals surface area contributed by atoms with Gasteiger partial charge >= 0.3 is 0 Å². The zero-order valence-corrected chi connectivity index (χ0v) is 14.2.